The number of hydrogen-bond acceptors (Lipinski definition) is 3. The Balaban J connectivity index is 1.68. The third kappa shape index (κ3) is 5.49. The summed E-state index contributed by atoms with van der Waals surface area (Å²) in [5.74, 6) is 1.50. The summed E-state index contributed by atoms with van der Waals surface area (Å²) in [5.41, 5.74) is 2.04. The van der Waals surface area contributed by atoms with Crippen molar-refractivity contribution < 1.29 is 9.13 Å². The van der Waals surface area contributed by atoms with Gasteiger partial charge in [-0.15, -0.1) is 0 Å². The third-order valence-corrected chi connectivity index (χ3v) is 4.42. The maximum atomic E-state index is 12.8. The van der Waals surface area contributed by atoms with Crippen LogP contribution in [0.1, 0.15) is 32.0 Å². The number of aromatic nitrogens is 2. The van der Waals surface area contributed by atoms with Crippen LogP contribution in [0.3, 0.4) is 0 Å². The molecule has 0 N–H and O–H groups in total. The molecule has 0 saturated carbocycles. The van der Waals surface area contributed by atoms with Crippen molar-refractivity contribution in [1.82, 2.24) is 9.97 Å². The molecule has 28 heavy (non-hydrogen) atoms. The number of alkyl halides is 1. The van der Waals surface area contributed by atoms with E-state index in [-0.39, 0.29) is 0 Å². The first-order valence-corrected chi connectivity index (χ1v) is 9.56. The molecule has 1 atom stereocenters. The lowest BCUT2D eigenvalue weighted by atomic mass is 10.0. The molecule has 0 spiro atoms. The normalized spacial score (nSPS) is 12.4. The molecule has 0 aliphatic carbocycles. The van der Waals surface area contributed by atoms with Gasteiger partial charge in [-0.3, -0.25) is 0 Å². The Morgan fingerprint density at radius 2 is 1.82 bits per heavy atom. The van der Waals surface area contributed by atoms with Crippen LogP contribution in [0.2, 0.25) is 0 Å². The third-order valence-electron chi connectivity index (χ3n) is 4.42. The minimum Gasteiger partial charge on any atom is -0.490 e. The van der Waals surface area contributed by atoms with Gasteiger partial charge in [0, 0.05) is 18.0 Å². The molecule has 0 radical (unpaired) electrons. The first kappa shape index (κ1) is 19.7. The molecule has 3 rings (SSSR count). The first-order valence-electron chi connectivity index (χ1n) is 9.56. The van der Waals surface area contributed by atoms with Crippen LogP contribution in [0.15, 0.2) is 67.5 Å². The molecule has 0 aliphatic heterocycles. The van der Waals surface area contributed by atoms with E-state index in [4.69, 9.17) is 4.74 Å². The maximum Gasteiger partial charge on any atom is 0.151 e. The van der Waals surface area contributed by atoms with E-state index in [9.17, 15) is 4.39 Å². The second-order valence-electron chi connectivity index (χ2n) is 6.77. The monoisotopic (exact) mass is 376 g/mol. The molecule has 0 aliphatic rings. The summed E-state index contributed by atoms with van der Waals surface area (Å²) in [6.07, 6.45) is 10.8. The highest BCUT2D eigenvalue weighted by Crippen LogP contribution is 2.26. The Bertz CT molecular complexity index is 948. The molecule has 1 unspecified atom stereocenters. The van der Waals surface area contributed by atoms with Crippen LogP contribution in [0.4, 0.5) is 4.39 Å². The smallest absolute Gasteiger partial charge is 0.151 e. The summed E-state index contributed by atoms with van der Waals surface area (Å²) in [7, 11) is 0. The summed E-state index contributed by atoms with van der Waals surface area (Å²) in [6.45, 7) is 5.75. The van der Waals surface area contributed by atoms with Gasteiger partial charge in [-0.2, -0.15) is 0 Å². The molecule has 3 nitrogen and oxygen atoms in total. The van der Waals surface area contributed by atoms with Crippen molar-refractivity contribution in [2.45, 2.75) is 32.4 Å². The number of benzene rings is 2. The number of rotatable bonds is 9. The fraction of sp³-hybridized carbons (Fsp3) is 0.250. The van der Waals surface area contributed by atoms with Crippen LogP contribution >= 0.6 is 0 Å². The lowest BCUT2D eigenvalue weighted by Crippen LogP contribution is -1.92. The van der Waals surface area contributed by atoms with Gasteiger partial charge in [-0.05, 0) is 66.8 Å². The van der Waals surface area contributed by atoms with Crippen LogP contribution in [0.25, 0.3) is 28.0 Å². The lowest BCUT2D eigenvalue weighted by molar-refractivity contribution is 0.335. The quantitative estimate of drug-likeness (QED) is 0.320. The van der Waals surface area contributed by atoms with Gasteiger partial charge < -0.3 is 4.74 Å². The molecule has 3 aromatic rings. The van der Waals surface area contributed by atoms with Gasteiger partial charge in [0.15, 0.2) is 5.82 Å². The van der Waals surface area contributed by atoms with Gasteiger partial charge >= 0.3 is 0 Å². The van der Waals surface area contributed by atoms with E-state index in [1.54, 1.807) is 13.0 Å². The molecule has 0 amide bonds. The van der Waals surface area contributed by atoms with E-state index in [0.717, 1.165) is 40.5 Å². The van der Waals surface area contributed by atoms with Crippen molar-refractivity contribution in [3.8, 4) is 16.9 Å². The Labute approximate surface area is 165 Å². The lowest BCUT2D eigenvalue weighted by Gasteiger charge is -2.07. The molecule has 1 heterocycles. The Kier molecular flexibility index (Phi) is 6.90. The summed E-state index contributed by atoms with van der Waals surface area (Å²) < 4.78 is 18.4. The van der Waals surface area contributed by atoms with Crippen molar-refractivity contribution in [1.29, 1.82) is 0 Å². The number of halogens is 1. The molecule has 144 valence electrons. The van der Waals surface area contributed by atoms with E-state index in [0.29, 0.717) is 18.9 Å². The van der Waals surface area contributed by atoms with Crippen LogP contribution in [-0.2, 0) is 0 Å². The molecule has 0 saturated heterocycles. The van der Waals surface area contributed by atoms with Crippen LogP contribution in [0.5, 0.6) is 5.75 Å². The topological polar surface area (TPSA) is 35.0 Å². The number of unbranched alkanes of at least 4 members (excludes halogenated alkanes) is 1. The van der Waals surface area contributed by atoms with Crippen LogP contribution < -0.4 is 4.74 Å². The summed E-state index contributed by atoms with van der Waals surface area (Å²) in [4.78, 5) is 8.83. The highest BCUT2D eigenvalue weighted by atomic mass is 19.1. The number of fused-ring (bicyclic) bond motifs is 1. The average molecular weight is 376 g/mol. The minimum atomic E-state index is -0.739. The summed E-state index contributed by atoms with van der Waals surface area (Å²) in [6, 6.07) is 12.3. The van der Waals surface area contributed by atoms with Crippen molar-refractivity contribution >= 4 is 16.8 Å². The highest BCUT2D eigenvalue weighted by molar-refractivity contribution is 5.88. The first-order chi connectivity index (χ1) is 13.7. The number of ether oxygens (including phenoxy) is 1. The fourth-order valence-corrected chi connectivity index (χ4v) is 2.93. The summed E-state index contributed by atoms with van der Waals surface area (Å²) in [5, 5.41) is 2.25. The average Bonchev–Trinajstić information content (AvgIpc) is 2.71. The molecule has 2 aromatic carbocycles. The molecule has 0 bridgehead atoms. The van der Waals surface area contributed by atoms with E-state index in [2.05, 4.69) is 34.7 Å². The van der Waals surface area contributed by atoms with Gasteiger partial charge in [0.25, 0.3) is 0 Å². The zero-order valence-corrected chi connectivity index (χ0v) is 16.1. The van der Waals surface area contributed by atoms with Crippen molar-refractivity contribution in [2.24, 2.45) is 0 Å². The number of allylic oxidation sites excluding steroid dienone is 1. The van der Waals surface area contributed by atoms with Crippen molar-refractivity contribution in [2.75, 3.05) is 6.61 Å². The zero-order chi connectivity index (χ0) is 19.8. The SMILES string of the molecule is C=CCOc1ccc2cc(-c3cnc(C=CCCCC(C)F)nc3)ccc2c1. The Hall–Kier alpha value is -3.01. The maximum absolute atomic E-state index is 12.8. The molecule has 4 heteroatoms. The zero-order valence-electron chi connectivity index (χ0n) is 16.1. The second-order valence-corrected chi connectivity index (χ2v) is 6.77. The van der Waals surface area contributed by atoms with E-state index < -0.39 is 6.17 Å². The fourth-order valence-electron chi connectivity index (χ4n) is 2.93. The van der Waals surface area contributed by atoms with Gasteiger partial charge in [-0.1, -0.05) is 36.9 Å². The van der Waals surface area contributed by atoms with Crippen molar-refractivity contribution in [3.63, 3.8) is 0 Å². The van der Waals surface area contributed by atoms with Gasteiger partial charge in [0.05, 0.1) is 6.17 Å². The standard InChI is InChI=1S/C24H25FN2O/c1-3-13-28-23-12-11-19-14-20(9-10-21(19)15-23)22-16-26-24(27-17-22)8-6-4-5-7-18(2)25/h3,6,8-12,14-18H,1,4-5,7,13H2,2H3. The predicted molar refractivity (Wildman–Crippen MR) is 114 cm³/mol. The van der Waals surface area contributed by atoms with Gasteiger partial charge in [0.2, 0.25) is 0 Å². The molecule has 1 aromatic heterocycles. The second kappa shape index (κ2) is 9.79. The Morgan fingerprint density at radius 3 is 2.57 bits per heavy atom. The van der Waals surface area contributed by atoms with Crippen LogP contribution in [0, 0.1) is 0 Å². The molecular weight excluding hydrogens is 351 g/mol. The summed E-state index contributed by atoms with van der Waals surface area (Å²) >= 11 is 0. The van der Waals surface area contributed by atoms with Gasteiger partial charge in [-0.25, -0.2) is 14.4 Å². The Morgan fingerprint density at radius 1 is 1.07 bits per heavy atom. The predicted octanol–water partition coefficient (Wildman–Crippen LogP) is 6.40. The molecular formula is C24H25FN2O. The minimum absolute atomic E-state index is 0.497. The number of hydrogen-bond donors (Lipinski definition) is 0. The number of nitrogens with zero attached hydrogens (tertiary/aromatic N) is 2. The largest absolute Gasteiger partial charge is 0.490 e. The van der Waals surface area contributed by atoms with E-state index in [1.165, 1.54) is 0 Å². The van der Waals surface area contributed by atoms with E-state index in [1.807, 2.05) is 42.7 Å². The highest BCUT2D eigenvalue weighted by Gasteiger charge is 2.03. The van der Waals surface area contributed by atoms with Crippen LogP contribution in [-0.4, -0.2) is 22.7 Å². The molecule has 0 fully saturated rings. The van der Waals surface area contributed by atoms with Crippen molar-refractivity contribution in [3.05, 3.63) is 73.3 Å². The van der Waals surface area contributed by atoms with Gasteiger partial charge in [0.1, 0.15) is 12.4 Å². The van der Waals surface area contributed by atoms with E-state index >= 15 is 0 Å².